The molecule has 5 aromatic rings. The van der Waals surface area contributed by atoms with Gasteiger partial charge in [0.05, 0.1) is 35.6 Å². The lowest BCUT2D eigenvalue weighted by atomic mass is 9.90. The molecule has 43 heavy (non-hydrogen) atoms. The maximum absolute atomic E-state index is 14.5. The molecule has 0 fully saturated rings. The van der Waals surface area contributed by atoms with E-state index in [2.05, 4.69) is 0 Å². The van der Waals surface area contributed by atoms with Gasteiger partial charge in [-0.05, 0) is 67.4 Å². The number of carbonyl (C=O) groups excluding carboxylic acids is 1. The van der Waals surface area contributed by atoms with E-state index in [1.165, 1.54) is 11.3 Å². The first kappa shape index (κ1) is 28.4. The molecule has 0 N–H and O–H groups in total. The number of hydrogen-bond acceptors (Lipinski definition) is 7. The zero-order chi connectivity index (χ0) is 30.2. The van der Waals surface area contributed by atoms with E-state index in [1.54, 1.807) is 25.5 Å². The Bertz CT molecular complexity index is 2100. The fourth-order valence-electron chi connectivity index (χ4n) is 5.71. The van der Waals surface area contributed by atoms with Crippen molar-refractivity contribution in [2.45, 2.75) is 39.8 Å². The molecule has 1 aliphatic heterocycles. The highest BCUT2D eigenvalue weighted by Gasteiger charge is 2.36. The third kappa shape index (κ3) is 5.02. The molecule has 0 amide bonds. The van der Waals surface area contributed by atoms with Crippen LogP contribution in [0.5, 0.6) is 11.5 Å². The maximum atomic E-state index is 14.5. The van der Waals surface area contributed by atoms with Crippen molar-refractivity contribution in [3.8, 4) is 11.5 Å². The Balaban J connectivity index is 1.68. The second-order valence-corrected chi connectivity index (χ2v) is 11.6. The molecule has 1 unspecified atom stereocenters. The van der Waals surface area contributed by atoms with Crippen molar-refractivity contribution in [2.24, 2.45) is 4.99 Å². The number of hydrogen-bond donors (Lipinski definition) is 0. The van der Waals surface area contributed by atoms with Crippen LogP contribution < -0.4 is 24.4 Å². The third-order valence-electron chi connectivity index (χ3n) is 7.51. The topological polar surface area (TPSA) is 79.1 Å². The number of aromatic nitrogens is 1. The van der Waals surface area contributed by atoms with Crippen LogP contribution in [0.3, 0.4) is 0 Å². The minimum atomic E-state index is -0.808. The van der Waals surface area contributed by atoms with Crippen LogP contribution in [0.2, 0.25) is 0 Å². The van der Waals surface area contributed by atoms with Gasteiger partial charge < -0.3 is 14.2 Å². The highest BCUT2D eigenvalue weighted by Crippen LogP contribution is 2.40. The SMILES string of the molecule is CCOC(=O)C1=C(C)N=c2s/c(=C/c3c(OC(C)C)ccc4ccccc34)c(=O)n2C1c1c(OC)ccc2ccccc12. The number of thiazole rings is 1. The van der Waals surface area contributed by atoms with E-state index >= 15 is 0 Å². The van der Waals surface area contributed by atoms with E-state index in [4.69, 9.17) is 19.2 Å². The van der Waals surface area contributed by atoms with Crippen LogP contribution >= 0.6 is 11.3 Å². The molecule has 6 rings (SSSR count). The smallest absolute Gasteiger partial charge is 0.338 e. The zero-order valence-electron chi connectivity index (χ0n) is 24.7. The molecular weight excluding hydrogens is 560 g/mol. The van der Waals surface area contributed by atoms with Gasteiger partial charge in [0, 0.05) is 11.1 Å². The van der Waals surface area contributed by atoms with Crippen LogP contribution in [0.4, 0.5) is 0 Å². The normalized spacial score (nSPS) is 15.1. The third-order valence-corrected chi connectivity index (χ3v) is 8.49. The van der Waals surface area contributed by atoms with E-state index in [-0.39, 0.29) is 18.3 Å². The van der Waals surface area contributed by atoms with Crippen molar-refractivity contribution >= 4 is 44.9 Å². The molecule has 0 aliphatic carbocycles. The zero-order valence-corrected chi connectivity index (χ0v) is 25.5. The lowest BCUT2D eigenvalue weighted by Crippen LogP contribution is -2.40. The predicted octanol–water partition coefficient (Wildman–Crippen LogP) is 5.90. The molecule has 218 valence electrons. The minimum absolute atomic E-state index is 0.0526. The van der Waals surface area contributed by atoms with Gasteiger partial charge in [-0.2, -0.15) is 0 Å². The largest absolute Gasteiger partial charge is 0.496 e. The number of fused-ring (bicyclic) bond motifs is 3. The van der Waals surface area contributed by atoms with Gasteiger partial charge in [-0.1, -0.05) is 72.0 Å². The molecule has 0 saturated heterocycles. The molecule has 2 heterocycles. The Morgan fingerprint density at radius 2 is 1.63 bits per heavy atom. The predicted molar refractivity (Wildman–Crippen MR) is 171 cm³/mol. The summed E-state index contributed by atoms with van der Waals surface area (Å²) in [7, 11) is 1.59. The molecule has 1 atom stereocenters. The summed E-state index contributed by atoms with van der Waals surface area (Å²) in [6.45, 7) is 7.69. The first-order valence-electron chi connectivity index (χ1n) is 14.3. The van der Waals surface area contributed by atoms with Crippen LogP contribution in [-0.2, 0) is 9.53 Å². The Hall–Kier alpha value is -4.69. The first-order valence-corrected chi connectivity index (χ1v) is 15.1. The average Bonchev–Trinajstić information content (AvgIpc) is 3.30. The number of nitrogens with zero attached hydrogens (tertiary/aromatic N) is 2. The van der Waals surface area contributed by atoms with E-state index in [0.29, 0.717) is 37.7 Å². The van der Waals surface area contributed by atoms with Gasteiger partial charge in [0.1, 0.15) is 17.5 Å². The van der Waals surface area contributed by atoms with E-state index in [0.717, 1.165) is 27.1 Å². The van der Waals surface area contributed by atoms with Crippen molar-refractivity contribution in [3.63, 3.8) is 0 Å². The van der Waals surface area contributed by atoms with E-state index in [1.807, 2.05) is 92.7 Å². The summed E-state index contributed by atoms with van der Waals surface area (Å²) >= 11 is 1.29. The van der Waals surface area contributed by atoms with Crippen molar-refractivity contribution < 1.29 is 19.0 Å². The molecule has 7 nitrogen and oxygen atoms in total. The monoisotopic (exact) mass is 592 g/mol. The average molecular weight is 593 g/mol. The second kappa shape index (κ2) is 11.5. The quantitative estimate of drug-likeness (QED) is 0.220. The van der Waals surface area contributed by atoms with Crippen molar-refractivity contribution in [1.29, 1.82) is 0 Å². The number of carbonyl (C=O) groups is 1. The van der Waals surface area contributed by atoms with Gasteiger partial charge >= 0.3 is 5.97 Å². The molecule has 1 aromatic heterocycles. The summed E-state index contributed by atoms with van der Waals surface area (Å²) in [5.41, 5.74) is 2.07. The van der Waals surface area contributed by atoms with E-state index < -0.39 is 12.0 Å². The fourth-order valence-corrected chi connectivity index (χ4v) is 6.74. The summed E-state index contributed by atoms with van der Waals surface area (Å²) < 4.78 is 19.6. The second-order valence-electron chi connectivity index (χ2n) is 10.6. The summed E-state index contributed by atoms with van der Waals surface area (Å²) in [5, 5.41) is 3.85. The summed E-state index contributed by atoms with van der Waals surface area (Å²) in [4.78, 5) is 33.2. The molecule has 8 heteroatoms. The van der Waals surface area contributed by atoms with Gasteiger partial charge in [0.15, 0.2) is 4.80 Å². The van der Waals surface area contributed by atoms with E-state index in [9.17, 15) is 9.59 Å². The minimum Gasteiger partial charge on any atom is -0.496 e. The molecule has 0 bridgehead atoms. The van der Waals surface area contributed by atoms with Gasteiger partial charge in [0.25, 0.3) is 5.56 Å². The van der Waals surface area contributed by atoms with Gasteiger partial charge in [-0.15, -0.1) is 0 Å². The summed E-state index contributed by atoms with van der Waals surface area (Å²) in [6, 6.07) is 22.9. The Morgan fingerprint density at radius 3 is 2.30 bits per heavy atom. The molecular formula is C35H32N2O5S. The lowest BCUT2D eigenvalue weighted by Gasteiger charge is -2.27. The highest BCUT2D eigenvalue weighted by molar-refractivity contribution is 7.07. The fraction of sp³-hybridized carbons (Fsp3) is 0.229. The van der Waals surface area contributed by atoms with Crippen molar-refractivity contribution in [3.05, 3.63) is 115 Å². The van der Waals surface area contributed by atoms with Gasteiger partial charge in [0.2, 0.25) is 0 Å². The maximum Gasteiger partial charge on any atom is 0.338 e. The number of methoxy groups -OCH3 is 1. The Labute approximate surface area is 253 Å². The first-order chi connectivity index (χ1) is 20.8. The van der Waals surface area contributed by atoms with Crippen LogP contribution in [0.1, 0.15) is 44.9 Å². The number of benzene rings is 4. The number of ether oxygens (including phenoxy) is 3. The van der Waals surface area contributed by atoms with Crippen LogP contribution in [0.25, 0.3) is 27.6 Å². The van der Waals surface area contributed by atoms with Crippen LogP contribution in [0, 0.1) is 0 Å². The lowest BCUT2D eigenvalue weighted by molar-refractivity contribution is -0.139. The van der Waals surface area contributed by atoms with Crippen LogP contribution in [-0.4, -0.2) is 30.4 Å². The summed E-state index contributed by atoms with van der Waals surface area (Å²) in [5.74, 6) is 0.742. The highest BCUT2D eigenvalue weighted by atomic mass is 32.1. The van der Waals surface area contributed by atoms with Crippen molar-refractivity contribution in [2.75, 3.05) is 13.7 Å². The van der Waals surface area contributed by atoms with Crippen molar-refractivity contribution in [1.82, 2.24) is 4.57 Å². The number of allylic oxidation sites excluding steroid dienone is 1. The molecule has 4 aromatic carbocycles. The standard InChI is InChI=1S/C35H32N2O5S/c1-6-41-34(39)30-21(4)36-35-37(32(30)31-25-14-10-8-12-23(25)16-18-28(31)40-5)33(38)29(43-35)19-26-24-13-9-7-11-22(24)15-17-27(26)42-20(2)3/h7-20,32H,6H2,1-5H3/b29-19+. The van der Waals surface area contributed by atoms with Gasteiger partial charge in [-0.25, -0.2) is 9.79 Å². The molecule has 0 saturated carbocycles. The number of esters is 1. The Kier molecular flexibility index (Phi) is 7.62. The molecule has 1 aliphatic rings. The number of rotatable bonds is 7. The summed E-state index contributed by atoms with van der Waals surface area (Å²) in [6.07, 6.45) is 1.83. The molecule has 0 radical (unpaired) electrons. The molecule has 0 spiro atoms. The van der Waals surface area contributed by atoms with Gasteiger partial charge in [-0.3, -0.25) is 9.36 Å². The van der Waals surface area contributed by atoms with Crippen LogP contribution in [0.15, 0.2) is 93.9 Å². The Morgan fingerprint density at radius 1 is 0.977 bits per heavy atom.